The Kier molecular flexibility index (Phi) is 5.27. The smallest absolute Gasteiger partial charge is 0.271 e. The van der Waals surface area contributed by atoms with Crippen molar-refractivity contribution in [2.45, 2.75) is 20.3 Å². The number of nitrogens with one attached hydrogen (secondary N) is 2. The number of halogens is 1. The van der Waals surface area contributed by atoms with Crippen LogP contribution < -0.4 is 15.6 Å². The quantitative estimate of drug-likeness (QED) is 0.655. The maximum Gasteiger partial charge on any atom is 0.271 e. The van der Waals surface area contributed by atoms with Gasteiger partial charge in [0.25, 0.3) is 5.91 Å². The molecule has 1 atom stereocenters. The van der Waals surface area contributed by atoms with Gasteiger partial charge in [-0.3, -0.25) is 20.4 Å². The number of fused-ring (bicyclic) bond motifs is 1. The fourth-order valence-corrected chi connectivity index (χ4v) is 3.76. The largest absolute Gasteiger partial charge is 0.492 e. The van der Waals surface area contributed by atoms with Gasteiger partial charge in [-0.25, -0.2) is 4.39 Å². The van der Waals surface area contributed by atoms with Gasteiger partial charge in [-0.2, -0.15) is 0 Å². The average Bonchev–Trinajstić information content (AvgIpc) is 3.06. The first kappa shape index (κ1) is 19.7. The van der Waals surface area contributed by atoms with Crippen LogP contribution in [0.15, 0.2) is 54.6 Å². The van der Waals surface area contributed by atoms with Crippen LogP contribution in [0.5, 0.6) is 5.75 Å². The zero-order valence-corrected chi connectivity index (χ0v) is 16.7. The number of amides is 2. The number of ether oxygens (including phenoxy) is 1. The Morgan fingerprint density at radius 1 is 1.07 bits per heavy atom. The van der Waals surface area contributed by atoms with E-state index < -0.39 is 5.91 Å². The minimum absolute atomic E-state index is 0.262. The van der Waals surface area contributed by atoms with E-state index >= 15 is 0 Å². The second-order valence-electron chi connectivity index (χ2n) is 7.36. The molecule has 0 bridgehead atoms. The van der Waals surface area contributed by atoms with Gasteiger partial charge in [0, 0.05) is 17.1 Å². The number of aromatic nitrogens is 1. The first-order chi connectivity index (χ1) is 14.4. The average molecular weight is 407 g/mol. The number of rotatable bonds is 3. The summed E-state index contributed by atoms with van der Waals surface area (Å²) in [6, 6.07) is 15.4. The normalized spacial score (nSPS) is 15.1. The van der Waals surface area contributed by atoms with E-state index in [1.807, 2.05) is 35.8 Å². The lowest BCUT2D eigenvalue weighted by Gasteiger charge is -2.24. The molecule has 2 N–H and O–H groups in total. The van der Waals surface area contributed by atoms with Gasteiger partial charge >= 0.3 is 0 Å². The van der Waals surface area contributed by atoms with Gasteiger partial charge in [0.15, 0.2) is 0 Å². The van der Waals surface area contributed by atoms with Crippen molar-refractivity contribution in [2.24, 2.45) is 5.92 Å². The second-order valence-corrected chi connectivity index (χ2v) is 7.36. The number of hydrogen-bond acceptors (Lipinski definition) is 3. The molecule has 0 spiro atoms. The van der Waals surface area contributed by atoms with Crippen LogP contribution in [0.3, 0.4) is 0 Å². The Morgan fingerprint density at radius 3 is 2.57 bits per heavy atom. The van der Waals surface area contributed by atoms with Gasteiger partial charge in [0.05, 0.1) is 11.5 Å². The third-order valence-corrected chi connectivity index (χ3v) is 5.31. The highest BCUT2D eigenvalue weighted by molar-refractivity contribution is 5.97. The number of benzene rings is 2. The molecular weight excluding hydrogens is 385 g/mol. The van der Waals surface area contributed by atoms with E-state index in [0.29, 0.717) is 17.7 Å². The molecule has 7 heteroatoms. The number of carbonyl (C=O) groups excluding carboxylic acids is 2. The number of para-hydroxylation sites is 1. The fourth-order valence-electron chi connectivity index (χ4n) is 3.76. The van der Waals surface area contributed by atoms with Crippen molar-refractivity contribution in [3.8, 4) is 11.4 Å². The predicted molar refractivity (Wildman–Crippen MR) is 110 cm³/mol. The summed E-state index contributed by atoms with van der Waals surface area (Å²) in [5, 5.41) is 0. The fraction of sp³-hybridized carbons (Fsp3) is 0.217. The Bertz CT molecular complexity index is 1110. The molecule has 3 aromatic rings. The number of hydrazine groups is 1. The Morgan fingerprint density at radius 2 is 1.80 bits per heavy atom. The van der Waals surface area contributed by atoms with E-state index in [-0.39, 0.29) is 24.2 Å². The lowest BCUT2D eigenvalue weighted by atomic mass is 9.96. The highest BCUT2D eigenvalue weighted by Gasteiger charge is 2.26. The van der Waals surface area contributed by atoms with E-state index in [9.17, 15) is 14.0 Å². The first-order valence-electron chi connectivity index (χ1n) is 9.70. The van der Waals surface area contributed by atoms with Crippen molar-refractivity contribution in [1.29, 1.82) is 0 Å². The first-order valence-corrected chi connectivity index (χ1v) is 9.70. The van der Waals surface area contributed by atoms with Gasteiger partial charge < -0.3 is 9.30 Å². The molecule has 2 amide bonds. The van der Waals surface area contributed by atoms with Crippen molar-refractivity contribution >= 4 is 11.8 Å². The molecule has 0 saturated carbocycles. The van der Waals surface area contributed by atoms with Crippen LogP contribution >= 0.6 is 0 Å². The van der Waals surface area contributed by atoms with Crippen LogP contribution in [0.25, 0.3) is 5.69 Å². The molecule has 30 heavy (non-hydrogen) atoms. The van der Waals surface area contributed by atoms with Crippen LogP contribution in [0.2, 0.25) is 0 Å². The maximum atomic E-state index is 13.2. The van der Waals surface area contributed by atoms with Crippen molar-refractivity contribution in [3.63, 3.8) is 0 Å². The zero-order valence-electron chi connectivity index (χ0n) is 16.7. The molecule has 1 aromatic heterocycles. The van der Waals surface area contributed by atoms with E-state index in [0.717, 1.165) is 22.7 Å². The number of nitrogens with zero attached hydrogens (tertiary/aromatic N) is 1. The SMILES string of the molecule is Cc1cc(C(=O)NNC(=O)C2COc3ccccc3C2)c(C)n1-c1ccc(F)cc1. The topological polar surface area (TPSA) is 72.4 Å². The molecule has 1 aliphatic heterocycles. The molecule has 1 unspecified atom stereocenters. The lowest BCUT2D eigenvalue weighted by Crippen LogP contribution is -2.47. The molecule has 4 rings (SSSR count). The summed E-state index contributed by atoms with van der Waals surface area (Å²) in [6.07, 6.45) is 0.553. The van der Waals surface area contributed by atoms with Crippen LogP contribution in [0.4, 0.5) is 4.39 Å². The summed E-state index contributed by atoms with van der Waals surface area (Å²) in [5.41, 5.74) is 8.68. The summed E-state index contributed by atoms with van der Waals surface area (Å²) in [7, 11) is 0. The number of aryl methyl sites for hydroxylation is 1. The molecule has 2 aromatic carbocycles. The molecule has 2 heterocycles. The summed E-state index contributed by atoms with van der Waals surface area (Å²) in [4.78, 5) is 25.2. The van der Waals surface area contributed by atoms with Crippen LogP contribution in [0, 0.1) is 25.6 Å². The third kappa shape index (κ3) is 3.78. The second kappa shape index (κ2) is 8.02. The van der Waals surface area contributed by atoms with Crippen molar-refractivity contribution in [2.75, 3.05) is 6.61 Å². The van der Waals surface area contributed by atoms with E-state index in [1.165, 1.54) is 12.1 Å². The van der Waals surface area contributed by atoms with Crippen LogP contribution in [-0.4, -0.2) is 23.0 Å². The Balaban J connectivity index is 1.43. The summed E-state index contributed by atoms with van der Waals surface area (Å²) < 4.78 is 20.7. The van der Waals surface area contributed by atoms with Gasteiger partial charge in [-0.1, -0.05) is 18.2 Å². The molecule has 1 aliphatic rings. The van der Waals surface area contributed by atoms with E-state index in [1.54, 1.807) is 25.1 Å². The van der Waals surface area contributed by atoms with Gasteiger partial charge in [0.1, 0.15) is 18.2 Å². The third-order valence-electron chi connectivity index (χ3n) is 5.31. The molecule has 0 fully saturated rings. The minimum atomic E-state index is -0.415. The highest BCUT2D eigenvalue weighted by atomic mass is 19.1. The molecule has 0 radical (unpaired) electrons. The number of hydrogen-bond donors (Lipinski definition) is 2. The van der Waals surface area contributed by atoms with Gasteiger partial charge in [-0.15, -0.1) is 0 Å². The molecule has 0 saturated heterocycles. The number of carbonyl (C=O) groups is 2. The Labute approximate surface area is 173 Å². The summed E-state index contributed by atoms with van der Waals surface area (Å²) >= 11 is 0. The maximum absolute atomic E-state index is 13.2. The van der Waals surface area contributed by atoms with Crippen LogP contribution in [0.1, 0.15) is 27.3 Å². The van der Waals surface area contributed by atoms with Gasteiger partial charge in [0.2, 0.25) is 5.91 Å². The van der Waals surface area contributed by atoms with E-state index in [4.69, 9.17) is 4.74 Å². The molecule has 154 valence electrons. The monoisotopic (exact) mass is 407 g/mol. The zero-order chi connectivity index (χ0) is 21.3. The van der Waals surface area contributed by atoms with Crippen LogP contribution in [-0.2, 0) is 11.2 Å². The summed E-state index contributed by atoms with van der Waals surface area (Å²) in [5.74, 6) is -0.631. The molecule has 6 nitrogen and oxygen atoms in total. The predicted octanol–water partition coefficient (Wildman–Crippen LogP) is 3.25. The van der Waals surface area contributed by atoms with Crippen molar-refractivity contribution < 1.29 is 18.7 Å². The molecule has 0 aliphatic carbocycles. The van der Waals surface area contributed by atoms with Gasteiger partial charge in [-0.05, 0) is 62.2 Å². The lowest BCUT2D eigenvalue weighted by molar-refractivity contribution is -0.127. The summed E-state index contributed by atoms with van der Waals surface area (Å²) in [6.45, 7) is 3.93. The van der Waals surface area contributed by atoms with Crippen molar-refractivity contribution in [1.82, 2.24) is 15.4 Å². The van der Waals surface area contributed by atoms with Crippen molar-refractivity contribution in [3.05, 3.63) is 82.9 Å². The molecular formula is C23H22FN3O3. The Hall–Kier alpha value is -3.61. The standard InChI is InChI=1S/C23H22FN3O3/c1-14-11-20(15(2)27(14)19-9-7-18(24)8-10-19)23(29)26-25-22(28)17-12-16-5-3-4-6-21(16)30-13-17/h3-11,17H,12-13H2,1-2H3,(H,25,28)(H,26,29). The minimum Gasteiger partial charge on any atom is -0.492 e. The highest BCUT2D eigenvalue weighted by Crippen LogP contribution is 2.26. The van der Waals surface area contributed by atoms with E-state index in [2.05, 4.69) is 10.9 Å².